The molecule has 0 bridgehead atoms. The van der Waals surface area contributed by atoms with E-state index in [-0.39, 0.29) is 22.6 Å². The molecule has 3 aliphatic rings. The fraction of sp³-hybridized carbons (Fsp3) is 0.587. The number of sulfone groups is 1. The minimum Gasteiger partial charge on any atom is -0.490 e. The molecule has 2 aliphatic carbocycles. The van der Waals surface area contributed by atoms with Crippen molar-refractivity contribution < 1.29 is 27.1 Å². The van der Waals surface area contributed by atoms with Crippen molar-refractivity contribution in [1.29, 1.82) is 0 Å². The lowest BCUT2D eigenvalue weighted by Gasteiger charge is -2.45. The van der Waals surface area contributed by atoms with Gasteiger partial charge in [0.15, 0.2) is 0 Å². The van der Waals surface area contributed by atoms with Crippen LogP contribution in [-0.2, 0) is 30.8 Å². The molecule has 0 amide bonds. The number of carbonyl (C=O) groups excluding carboxylic acids is 1. The molecule has 5 atom stereocenters. The van der Waals surface area contributed by atoms with E-state index in [0.717, 1.165) is 61.7 Å². The highest BCUT2D eigenvalue weighted by Gasteiger charge is 2.47. The summed E-state index contributed by atoms with van der Waals surface area (Å²) in [6.45, 7) is 17.8. The van der Waals surface area contributed by atoms with Crippen LogP contribution in [0.2, 0.25) is 21.6 Å². The van der Waals surface area contributed by atoms with E-state index in [1.807, 2.05) is 25.1 Å². The van der Waals surface area contributed by atoms with Gasteiger partial charge in [-0.2, -0.15) is 0 Å². The Balaban J connectivity index is 1.29. The Morgan fingerprint density at radius 3 is 2.40 bits per heavy atom. The molecule has 12 heteroatoms. The van der Waals surface area contributed by atoms with Gasteiger partial charge >= 0.3 is 5.97 Å². The number of benzene rings is 2. The van der Waals surface area contributed by atoms with Crippen molar-refractivity contribution >= 4 is 41.4 Å². The monoisotopic (exact) mass is 849 g/mol. The Bertz CT molecular complexity index is 2010. The highest BCUT2D eigenvalue weighted by molar-refractivity contribution is 7.91. The number of halogens is 1. The van der Waals surface area contributed by atoms with E-state index in [2.05, 4.69) is 80.7 Å². The largest absolute Gasteiger partial charge is 0.490 e. The van der Waals surface area contributed by atoms with Crippen LogP contribution >= 0.6 is 11.6 Å². The number of fused-ring (bicyclic) bond motifs is 3. The molecule has 6 rings (SSSR count). The zero-order valence-electron chi connectivity index (χ0n) is 35.7. The number of methoxy groups -OCH3 is 1. The van der Waals surface area contributed by atoms with Gasteiger partial charge in [0.25, 0.3) is 0 Å². The van der Waals surface area contributed by atoms with Crippen LogP contribution in [0.3, 0.4) is 0 Å². The van der Waals surface area contributed by atoms with Gasteiger partial charge in [0, 0.05) is 35.9 Å². The third-order valence-electron chi connectivity index (χ3n) is 13.5. The van der Waals surface area contributed by atoms with Gasteiger partial charge in [-0.15, -0.1) is 0 Å². The average molecular weight is 851 g/mol. The zero-order valence-corrected chi connectivity index (χ0v) is 38.3. The van der Waals surface area contributed by atoms with Crippen LogP contribution < -0.4 is 9.64 Å². The number of hydrogen-bond acceptors (Lipinski definition) is 9. The summed E-state index contributed by atoms with van der Waals surface area (Å²) >= 11 is 6.50. The van der Waals surface area contributed by atoms with Crippen molar-refractivity contribution in [2.75, 3.05) is 31.7 Å². The second-order valence-electron chi connectivity index (χ2n) is 17.8. The molecule has 1 aliphatic heterocycles. The first-order valence-electron chi connectivity index (χ1n) is 21.4. The molecule has 0 radical (unpaired) electrons. The predicted molar refractivity (Wildman–Crippen MR) is 235 cm³/mol. The van der Waals surface area contributed by atoms with Gasteiger partial charge < -0.3 is 18.8 Å². The number of esters is 1. The normalized spacial score (nSPS) is 22.0. The lowest BCUT2D eigenvalue weighted by molar-refractivity contribution is 0.0600. The molecule has 0 N–H and O–H groups in total. The Kier molecular flexibility index (Phi) is 14.2. The fourth-order valence-electron chi connectivity index (χ4n) is 10.4. The van der Waals surface area contributed by atoms with Crippen LogP contribution in [0.4, 0.5) is 5.69 Å². The molecule has 316 valence electrons. The number of aryl methyl sites for hydroxylation is 1. The standard InChI is InChI=1S/C46H64ClN3O6SSi/c1-9-40(57(52,53)45-48-24-11-25-49-45)20-19-39(56-58(31(2)3,32(4)5)33(6)7)18-15-34-13-14-37(34)28-50-29-46(23-10-12-35-26-38(47)17-21-41(35)46)30-55-43-22-16-36(27-42(43)50)44(51)54-8/h11,15-18,21-22,24-27,31-34,37,39-40H,9-10,12-14,19-20,23,28-30H2,1-8H3/b18-15+/t34-,37-,39+,40+,46-/m0/s1. The van der Waals surface area contributed by atoms with Crippen molar-refractivity contribution in [3.63, 3.8) is 0 Å². The van der Waals surface area contributed by atoms with Crippen LogP contribution in [0.25, 0.3) is 0 Å². The van der Waals surface area contributed by atoms with Crippen LogP contribution in [-0.4, -0.2) is 70.8 Å². The SMILES string of the molecule is CC[C@H](CC[C@@H](/C=C/[C@@H]1CC[C@H]1CN1C[C@@]2(CCCc3cc(Cl)ccc32)COc2ccc(C(=O)OC)cc21)O[Si](C(C)C)(C(C)C)C(C)C)S(=O)(=O)c1ncccn1. The lowest BCUT2D eigenvalue weighted by atomic mass is 9.69. The van der Waals surface area contributed by atoms with E-state index in [1.54, 1.807) is 12.1 Å². The summed E-state index contributed by atoms with van der Waals surface area (Å²) in [5, 5.41) is 0.0446. The summed E-state index contributed by atoms with van der Waals surface area (Å²) < 4.78 is 46.6. The zero-order chi connectivity index (χ0) is 41.8. The Labute approximate surface area is 353 Å². The number of anilines is 1. The first-order valence-corrected chi connectivity index (χ1v) is 25.5. The molecular weight excluding hydrogens is 786 g/mol. The van der Waals surface area contributed by atoms with Crippen LogP contribution in [0, 0.1) is 11.8 Å². The van der Waals surface area contributed by atoms with E-state index in [4.69, 9.17) is 25.5 Å². The smallest absolute Gasteiger partial charge is 0.337 e. The van der Waals surface area contributed by atoms with Crippen molar-refractivity contribution in [3.8, 4) is 5.75 Å². The molecule has 1 saturated carbocycles. The summed E-state index contributed by atoms with van der Waals surface area (Å²) in [6, 6.07) is 13.6. The molecule has 0 saturated heterocycles. The summed E-state index contributed by atoms with van der Waals surface area (Å²) in [5.74, 6) is 1.11. The number of ether oxygens (including phenoxy) is 2. The molecular formula is C46H64ClN3O6SSi. The third-order valence-corrected chi connectivity index (χ3v) is 22.0. The highest BCUT2D eigenvalue weighted by atomic mass is 35.5. The molecule has 1 fully saturated rings. The maximum Gasteiger partial charge on any atom is 0.337 e. The maximum absolute atomic E-state index is 13.7. The summed E-state index contributed by atoms with van der Waals surface area (Å²) in [4.78, 5) is 23.5. The number of allylic oxidation sites excluding steroid dienone is 1. The second kappa shape index (κ2) is 18.6. The molecule has 3 aromatic rings. The van der Waals surface area contributed by atoms with Crippen molar-refractivity contribution in [3.05, 3.63) is 88.7 Å². The van der Waals surface area contributed by atoms with Gasteiger partial charge in [0.05, 0.1) is 36.3 Å². The Morgan fingerprint density at radius 2 is 1.76 bits per heavy atom. The van der Waals surface area contributed by atoms with Gasteiger partial charge in [-0.3, -0.25) is 0 Å². The molecule has 1 aromatic heterocycles. The van der Waals surface area contributed by atoms with Gasteiger partial charge in [-0.1, -0.05) is 78.3 Å². The topological polar surface area (TPSA) is 108 Å². The van der Waals surface area contributed by atoms with Crippen molar-refractivity contribution in [1.82, 2.24) is 9.97 Å². The fourth-order valence-corrected chi connectivity index (χ4v) is 17.7. The Hall–Kier alpha value is -3.25. The van der Waals surface area contributed by atoms with E-state index in [0.29, 0.717) is 59.9 Å². The maximum atomic E-state index is 13.7. The van der Waals surface area contributed by atoms with Gasteiger partial charge in [0.2, 0.25) is 23.3 Å². The van der Waals surface area contributed by atoms with Crippen LogP contribution in [0.5, 0.6) is 5.75 Å². The third kappa shape index (κ3) is 9.08. The predicted octanol–water partition coefficient (Wildman–Crippen LogP) is 10.6. The number of nitrogens with zero attached hydrogens (tertiary/aromatic N) is 3. The van der Waals surface area contributed by atoms with Crippen molar-refractivity contribution in [2.24, 2.45) is 11.8 Å². The quantitative estimate of drug-likeness (QED) is 0.0602. The van der Waals surface area contributed by atoms with Gasteiger partial charge in [-0.05, 0) is 127 Å². The molecule has 1 spiro atoms. The van der Waals surface area contributed by atoms with E-state index >= 15 is 0 Å². The molecule has 58 heavy (non-hydrogen) atoms. The van der Waals surface area contributed by atoms with E-state index in [9.17, 15) is 13.2 Å². The molecule has 0 unspecified atom stereocenters. The first kappa shape index (κ1) is 44.3. The van der Waals surface area contributed by atoms with Gasteiger partial charge in [0.1, 0.15) is 5.75 Å². The molecule has 2 heterocycles. The minimum absolute atomic E-state index is 0.107. The molecule has 2 aromatic carbocycles. The summed E-state index contributed by atoms with van der Waals surface area (Å²) in [5.41, 5.74) is 4.95. The van der Waals surface area contributed by atoms with E-state index < -0.39 is 23.4 Å². The van der Waals surface area contributed by atoms with Gasteiger partial charge in [-0.25, -0.2) is 23.2 Å². The number of aromatic nitrogens is 2. The lowest BCUT2D eigenvalue weighted by Crippen LogP contribution is -2.50. The average Bonchev–Trinajstić information content (AvgIpc) is 3.34. The van der Waals surface area contributed by atoms with Crippen LogP contribution in [0.15, 0.2) is 72.2 Å². The highest BCUT2D eigenvalue weighted by Crippen LogP contribution is 2.47. The second-order valence-corrected chi connectivity index (χ2v) is 25.8. The number of carbonyl (C=O) groups is 1. The first-order chi connectivity index (χ1) is 27.6. The number of rotatable bonds is 16. The van der Waals surface area contributed by atoms with E-state index in [1.165, 1.54) is 30.6 Å². The van der Waals surface area contributed by atoms with Crippen LogP contribution in [0.1, 0.15) is 115 Å². The molecule has 9 nitrogen and oxygen atoms in total. The number of hydrogen-bond donors (Lipinski definition) is 0. The Morgan fingerprint density at radius 1 is 1.03 bits per heavy atom. The summed E-state index contributed by atoms with van der Waals surface area (Å²) in [6.07, 6.45) is 14.1. The summed E-state index contributed by atoms with van der Waals surface area (Å²) in [7, 11) is -4.60. The minimum atomic E-state index is -3.70. The van der Waals surface area contributed by atoms with Crippen molar-refractivity contribution in [2.45, 2.75) is 138 Å².